The van der Waals surface area contributed by atoms with E-state index in [1.165, 1.54) is 0 Å². The van der Waals surface area contributed by atoms with E-state index in [0.29, 0.717) is 6.42 Å². The molecule has 0 saturated carbocycles. The van der Waals surface area contributed by atoms with Gasteiger partial charge in [-0.25, -0.2) is 0 Å². The lowest BCUT2D eigenvalue weighted by Crippen LogP contribution is -2.49. The van der Waals surface area contributed by atoms with E-state index in [2.05, 4.69) is 5.32 Å². The second-order valence-electron chi connectivity index (χ2n) is 4.96. The van der Waals surface area contributed by atoms with Crippen LogP contribution in [0.15, 0.2) is 24.3 Å². The van der Waals surface area contributed by atoms with Crippen molar-refractivity contribution in [3.05, 3.63) is 29.8 Å². The van der Waals surface area contributed by atoms with Gasteiger partial charge in [-0.1, -0.05) is 12.1 Å². The molecule has 0 aromatic heterocycles. The summed E-state index contributed by atoms with van der Waals surface area (Å²) in [7, 11) is 1.86. The molecule has 0 amide bonds. The van der Waals surface area contributed by atoms with Crippen molar-refractivity contribution in [1.82, 2.24) is 0 Å². The SMILES string of the molecule is CNc1ccc(CC(C)(O)C(C)(C)O)cc1. The Hall–Kier alpha value is -1.06. The molecule has 0 aliphatic carbocycles. The Kier molecular flexibility index (Phi) is 3.61. The van der Waals surface area contributed by atoms with Gasteiger partial charge in [0.05, 0.1) is 11.2 Å². The molecule has 0 saturated heterocycles. The van der Waals surface area contributed by atoms with Crippen LogP contribution in [0.4, 0.5) is 5.69 Å². The van der Waals surface area contributed by atoms with Gasteiger partial charge in [0.2, 0.25) is 0 Å². The molecule has 16 heavy (non-hydrogen) atoms. The topological polar surface area (TPSA) is 52.5 Å². The molecular formula is C13H21NO2. The maximum absolute atomic E-state index is 10.2. The van der Waals surface area contributed by atoms with Crippen molar-refractivity contribution in [3.8, 4) is 0 Å². The standard InChI is InChI=1S/C13H21NO2/c1-12(2,15)13(3,16)9-10-5-7-11(14-4)8-6-10/h5-8,14-16H,9H2,1-4H3. The third kappa shape index (κ3) is 2.97. The van der Waals surface area contributed by atoms with E-state index < -0.39 is 11.2 Å². The van der Waals surface area contributed by atoms with Crippen LogP contribution in [0, 0.1) is 0 Å². The molecule has 1 aromatic rings. The highest BCUT2D eigenvalue weighted by Crippen LogP contribution is 2.26. The third-order valence-corrected chi connectivity index (χ3v) is 3.11. The number of rotatable bonds is 4. The zero-order valence-corrected chi connectivity index (χ0v) is 10.4. The third-order valence-electron chi connectivity index (χ3n) is 3.11. The quantitative estimate of drug-likeness (QED) is 0.729. The van der Waals surface area contributed by atoms with E-state index in [4.69, 9.17) is 0 Å². The molecule has 3 heteroatoms. The molecule has 1 rings (SSSR count). The van der Waals surface area contributed by atoms with Gasteiger partial charge in [0.25, 0.3) is 0 Å². The summed E-state index contributed by atoms with van der Waals surface area (Å²) in [6.07, 6.45) is 0.431. The van der Waals surface area contributed by atoms with Gasteiger partial charge < -0.3 is 15.5 Å². The molecule has 0 radical (unpaired) electrons. The average Bonchev–Trinajstić information content (AvgIpc) is 2.16. The molecule has 0 aliphatic rings. The van der Waals surface area contributed by atoms with Gasteiger partial charge in [0.15, 0.2) is 0 Å². The Bertz CT molecular complexity index is 336. The van der Waals surface area contributed by atoms with Crippen LogP contribution in [0.25, 0.3) is 0 Å². The number of hydrogen-bond acceptors (Lipinski definition) is 3. The fraction of sp³-hybridized carbons (Fsp3) is 0.538. The van der Waals surface area contributed by atoms with Crippen LogP contribution in [0.5, 0.6) is 0 Å². The van der Waals surface area contributed by atoms with Crippen molar-refractivity contribution in [2.45, 2.75) is 38.4 Å². The Morgan fingerprint density at radius 2 is 1.56 bits per heavy atom. The highest BCUT2D eigenvalue weighted by molar-refractivity contribution is 5.44. The predicted octanol–water partition coefficient (Wildman–Crippen LogP) is 1.79. The summed E-state index contributed by atoms with van der Waals surface area (Å²) in [5, 5.41) is 23.0. The molecular weight excluding hydrogens is 202 g/mol. The molecule has 90 valence electrons. The van der Waals surface area contributed by atoms with Crippen LogP contribution >= 0.6 is 0 Å². The van der Waals surface area contributed by atoms with Crippen LogP contribution in [-0.2, 0) is 6.42 Å². The number of nitrogens with one attached hydrogen (secondary N) is 1. The van der Waals surface area contributed by atoms with Crippen LogP contribution in [0.1, 0.15) is 26.3 Å². The summed E-state index contributed by atoms with van der Waals surface area (Å²) in [5.41, 5.74) is -0.208. The smallest absolute Gasteiger partial charge is 0.0940 e. The largest absolute Gasteiger partial charge is 0.388 e. The van der Waals surface area contributed by atoms with Gasteiger partial charge in [-0.2, -0.15) is 0 Å². The molecule has 1 unspecified atom stereocenters. The van der Waals surface area contributed by atoms with Gasteiger partial charge in [0.1, 0.15) is 0 Å². The fourth-order valence-electron chi connectivity index (χ4n) is 1.40. The Morgan fingerprint density at radius 1 is 1.06 bits per heavy atom. The summed E-state index contributed by atoms with van der Waals surface area (Å²) in [4.78, 5) is 0. The van der Waals surface area contributed by atoms with Gasteiger partial charge >= 0.3 is 0 Å². The van der Waals surface area contributed by atoms with Crippen molar-refractivity contribution >= 4 is 5.69 Å². The fourth-order valence-corrected chi connectivity index (χ4v) is 1.40. The minimum atomic E-state index is -1.13. The first-order valence-corrected chi connectivity index (χ1v) is 5.48. The summed E-state index contributed by atoms with van der Waals surface area (Å²) in [6, 6.07) is 7.81. The second kappa shape index (κ2) is 4.44. The minimum Gasteiger partial charge on any atom is -0.388 e. The predicted molar refractivity (Wildman–Crippen MR) is 66.6 cm³/mol. The van der Waals surface area contributed by atoms with E-state index in [-0.39, 0.29) is 0 Å². The molecule has 3 nitrogen and oxygen atoms in total. The van der Waals surface area contributed by atoms with Gasteiger partial charge in [-0.15, -0.1) is 0 Å². The van der Waals surface area contributed by atoms with Crippen LogP contribution in [-0.4, -0.2) is 28.5 Å². The Labute approximate surface area is 97.1 Å². The summed E-state index contributed by atoms with van der Waals surface area (Å²) >= 11 is 0. The molecule has 3 N–H and O–H groups in total. The molecule has 0 aliphatic heterocycles. The number of benzene rings is 1. The normalized spacial score (nSPS) is 15.6. The first-order valence-electron chi connectivity index (χ1n) is 5.48. The molecule has 0 fully saturated rings. The van der Waals surface area contributed by atoms with Gasteiger partial charge in [-0.05, 0) is 38.5 Å². The van der Waals surface area contributed by atoms with E-state index in [9.17, 15) is 10.2 Å². The lowest BCUT2D eigenvalue weighted by molar-refractivity contribution is -0.118. The lowest BCUT2D eigenvalue weighted by Gasteiger charge is -2.35. The number of hydrogen-bond donors (Lipinski definition) is 3. The summed E-state index contributed by atoms with van der Waals surface area (Å²) in [5.74, 6) is 0. The number of aliphatic hydroxyl groups is 2. The number of anilines is 1. The first-order chi connectivity index (χ1) is 7.26. The lowest BCUT2D eigenvalue weighted by atomic mass is 9.82. The Morgan fingerprint density at radius 3 is 1.94 bits per heavy atom. The van der Waals surface area contributed by atoms with E-state index in [1.54, 1.807) is 20.8 Å². The molecule has 0 heterocycles. The van der Waals surface area contributed by atoms with Crippen molar-refractivity contribution in [1.29, 1.82) is 0 Å². The first kappa shape index (κ1) is 13.0. The maximum Gasteiger partial charge on any atom is 0.0940 e. The van der Waals surface area contributed by atoms with Crippen molar-refractivity contribution in [2.24, 2.45) is 0 Å². The maximum atomic E-state index is 10.2. The zero-order chi connectivity index (χ0) is 12.4. The monoisotopic (exact) mass is 223 g/mol. The van der Waals surface area contributed by atoms with Crippen molar-refractivity contribution < 1.29 is 10.2 Å². The van der Waals surface area contributed by atoms with E-state index in [0.717, 1.165) is 11.3 Å². The Balaban J connectivity index is 2.80. The van der Waals surface area contributed by atoms with Gasteiger partial charge in [-0.3, -0.25) is 0 Å². The molecule has 1 aromatic carbocycles. The van der Waals surface area contributed by atoms with Crippen LogP contribution < -0.4 is 5.32 Å². The highest BCUT2D eigenvalue weighted by atomic mass is 16.3. The summed E-state index contributed by atoms with van der Waals surface area (Å²) in [6.45, 7) is 4.89. The second-order valence-corrected chi connectivity index (χ2v) is 4.96. The van der Waals surface area contributed by atoms with Crippen molar-refractivity contribution in [2.75, 3.05) is 12.4 Å². The molecule has 0 spiro atoms. The zero-order valence-electron chi connectivity index (χ0n) is 10.4. The van der Waals surface area contributed by atoms with E-state index >= 15 is 0 Å². The van der Waals surface area contributed by atoms with Crippen LogP contribution in [0.3, 0.4) is 0 Å². The van der Waals surface area contributed by atoms with E-state index in [1.807, 2.05) is 31.3 Å². The van der Waals surface area contributed by atoms with Gasteiger partial charge in [0, 0.05) is 19.2 Å². The minimum absolute atomic E-state index is 0.431. The average molecular weight is 223 g/mol. The molecule has 1 atom stereocenters. The molecule has 0 bridgehead atoms. The van der Waals surface area contributed by atoms with Crippen LogP contribution in [0.2, 0.25) is 0 Å². The summed E-state index contributed by atoms with van der Waals surface area (Å²) < 4.78 is 0. The highest BCUT2D eigenvalue weighted by Gasteiger charge is 2.37. The van der Waals surface area contributed by atoms with Crippen molar-refractivity contribution in [3.63, 3.8) is 0 Å².